The monoisotopic (exact) mass is 604 g/mol. The molecule has 0 aliphatic heterocycles. The predicted molar refractivity (Wildman–Crippen MR) is 166 cm³/mol. The first kappa shape index (κ1) is 32.9. The zero-order chi connectivity index (χ0) is 28.8. The van der Waals surface area contributed by atoms with Crippen LogP contribution in [0.5, 0.6) is 11.5 Å². The van der Waals surface area contributed by atoms with Crippen LogP contribution >= 0.6 is 0 Å². The molecule has 5 rings (SSSR count). The summed E-state index contributed by atoms with van der Waals surface area (Å²) < 4.78 is 17.7. The van der Waals surface area contributed by atoms with E-state index in [0.717, 1.165) is 53.9 Å². The van der Waals surface area contributed by atoms with Crippen LogP contribution in [0, 0.1) is 0 Å². The summed E-state index contributed by atoms with van der Waals surface area (Å²) in [5.74, 6) is 1.64. The zero-order valence-electron chi connectivity index (χ0n) is 24.4. The summed E-state index contributed by atoms with van der Waals surface area (Å²) in [6.07, 6.45) is 3.81. The zero-order valence-corrected chi connectivity index (χ0v) is 25.5. The third-order valence-corrected chi connectivity index (χ3v) is 7.19. The van der Waals surface area contributed by atoms with E-state index in [4.69, 9.17) is 19.3 Å². The average Bonchev–Trinajstić information content (AvgIpc) is 3.76. The molecule has 5 aromatic carbocycles. The fourth-order valence-electron chi connectivity index (χ4n) is 5.02. The third kappa shape index (κ3) is 8.70. The van der Waals surface area contributed by atoms with E-state index in [-0.39, 0.29) is 17.1 Å². The van der Waals surface area contributed by atoms with E-state index < -0.39 is 5.60 Å². The molecule has 0 atom stereocenters. The Morgan fingerprint density at radius 2 is 1.07 bits per heavy atom. The number of methoxy groups -OCH3 is 2. The second-order valence-corrected chi connectivity index (χ2v) is 9.87. The molecule has 0 spiro atoms. The summed E-state index contributed by atoms with van der Waals surface area (Å²) in [4.78, 5) is 0. The van der Waals surface area contributed by atoms with Gasteiger partial charge in [0.1, 0.15) is 17.1 Å². The smallest absolute Gasteiger partial charge is 0.497 e. The van der Waals surface area contributed by atoms with E-state index in [0.29, 0.717) is 13.2 Å². The minimum absolute atomic E-state index is 0. The first-order valence-corrected chi connectivity index (χ1v) is 14.2. The van der Waals surface area contributed by atoms with Crippen LogP contribution in [0.4, 0.5) is 0 Å². The molecule has 0 unspecified atom stereocenters. The van der Waals surface area contributed by atoms with Crippen molar-refractivity contribution in [2.45, 2.75) is 31.3 Å². The Kier molecular flexibility index (Phi) is 13.6. The minimum atomic E-state index is -0.744. The van der Waals surface area contributed by atoms with Crippen molar-refractivity contribution < 1.29 is 36.4 Å². The molecule has 0 bridgehead atoms. The Bertz CT molecular complexity index is 1310. The number of aliphatic hydroxyl groups is 1. The molecule has 0 radical (unpaired) electrons. The predicted octanol–water partition coefficient (Wildman–Crippen LogP) is 7.69. The fraction of sp³-hybridized carbons (Fsp3) is 0.243. The number of hydrogen-bond donors (Lipinski definition) is 1. The number of rotatable bonds is 13. The molecule has 0 aliphatic carbocycles. The van der Waals surface area contributed by atoms with Gasteiger partial charge >= 0.3 is 17.1 Å². The second-order valence-electron chi connectivity index (χ2n) is 9.87. The van der Waals surface area contributed by atoms with Crippen molar-refractivity contribution in [3.05, 3.63) is 155 Å². The molecule has 5 heteroatoms. The largest absolute Gasteiger partial charge is 2.00 e. The van der Waals surface area contributed by atoms with Crippen LogP contribution in [0.15, 0.2) is 127 Å². The molecule has 220 valence electrons. The van der Waals surface area contributed by atoms with Gasteiger partial charge in [-0.05, 0) is 66.6 Å². The summed E-state index contributed by atoms with van der Waals surface area (Å²) >= 11 is 0. The van der Waals surface area contributed by atoms with Gasteiger partial charge in [0.15, 0.2) is 0 Å². The van der Waals surface area contributed by atoms with Crippen molar-refractivity contribution >= 4 is 0 Å². The molecule has 0 fully saturated rings. The van der Waals surface area contributed by atoms with Gasteiger partial charge < -0.3 is 19.3 Å². The standard InChI is InChI=1S/C29H29O3.C8H11O.Fe/c1-30-27-18-14-25(15-19-27)29(24-12-4-3-5-13-24,26-16-20-28(31-2)21-17-26)32-22-8-11-23-9-6-7-10-23;9-7-3-6-8-4-1-2-5-8;/h3-7,9-10,12-21H,8,11,22H2,1-2H3;1-2,4-5,9H,3,6-7H2;/q2*-1;+2. The number of aryl methyl sites for hydroxylation is 2. The van der Waals surface area contributed by atoms with Crippen molar-refractivity contribution in [2.75, 3.05) is 27.4 Å². The molecule has 0 heterocycles. The summed E-state index contributed by atoms with van der Waals surface area (Å²) in [6.45, 7) is 0.920. The van der Waals surface area contributed by atoms with Crippen LogP contribution in [0.25, 0.3) is 0 Å². The van der Waals surface area contributed by atoms with Crippen molar-refractivity contribution in [3.8, 4) is 11.5 Å². The van der Waals surface area contributed by atoms with E-state index in [1.54, 1.807) is 14.2 Å². The van der Waals surface area contributed by atoms with Crippen LogP contribution in [-0.4, -0.2) is 32.5 Å². The van der Waals surface area contributed by atoms with Gasteiger partial charge in [0, 0.05) is 13.2 Å². The minimum Gasteiger partial charge on any atom is -0.497 e. The summed E-state index contributed by atoms with van der Waals surface area (Å²) in [5.41, 5.74) is 5.12. The van der Waals surface area contributed by atoms with Crippen LogP contribution in [0.3, 0.4) is 0 Å². The van der Waals surface area contributed by atoms with E-state index in [1.807, 2.05) is 42.5 Å². The number of hydrogen-bond acceptors (Lipinski definition) is 4. The average molecular weight is 605 g/mol. The third-order valence-electron chi connectivity index (χ3n) is 7.19. The summed E-state index contributed by atoms with van der Waals surface area (Å²) in [6, 6.07) is 43.4. The van der Waals surface area contributed by atoms with E-state index in [1.165, 1.54) is 11.1 Å². The van der Waals surface area contributed by atoms with Crippen LogP contribution in [-0.2, 0) is 40.2 Å². The van der Waals surface area contributed by atoms with E-state index in [9.17, 15) is 0 Å². The Labute approximate surface area is 261 Å². The van der Waals surface area contributed by atoms with E-state index in [2.05, 4.69) is 84.9 Å². The number of aliphatic hydroxyl groups excluding tert-OH is 1. The maximum absolute atomic E-state index is 8.47. The molecule has 4 nitrogen and oxygen atoms in total. The van der Waals surface area contributed by atoms with Crippen LogP contribution < -0.4 is 9.47 Å². The number of benzene rings is 3. The van der Waals surface area contributed by atoms with Gasteiger partial charge in [-0.15, -0.1) is 0 Å². The molecular formula is C37H40FeO4. The molecule has 0 saturated carbocycles. The summed E-state index contributed by atoms with van der Waals surface area (Å²) in [7, 11) is 3.37. The van der Waals surface area contributed by atoms with Gasteiger partial charge in [-0.3, -0.25) is 0 Å². The molecule has 5 aromatic rings. The van der Waals surface area contributed by atoms with Gasteiger partial charge in [0.25, 0.3) is 0 Å². The fourth-order valence-corrected chi connectivity index (χ4v) is 5.02. The van der Waals surface area contributed by atoms with Gasteiger partial charge in [0.2, 0.25) is 0 Å². The van der Waals surface area contributed by atoms with Gasteiger partial charge in [-0.25, -0.2) is 24.3 Å². The first-order valence-electron chi connectivity index (χ1n) is 14.2. The quantitative estimate of drug-likeness (QED) is 0.0648. The topological polar surface area (TPSA) is 47.9 Å². The van der Waals surface area contributed by atoms with Crippen LogP contribution in [0.2, 0.25) is 0 Å². The van der Waals surface area contributed by atoms with Crippen molar-refractivity contribution in [3.63, 3.8) is 0 Å². The molecule has 0 saturated heterocycles. The van der Waals surface area contributed by atoms with Gasteiger partial charge in [-0.2, -0.15) is 35.4 Å². The van der Waals surface area contributed by atoms with Gasteiger partial charge in [0.05, 0.1) is 14.2 Å². The Hall–Kier alpha value is -3.60. The maximum atomic E-state index is 8.47. The Morgan fingerprint density at radius 3 is 1.50 bits per heavy atom. The Morgan fingerprint density at radius 1 is 0.595 bits per heavy atom. The first-order chi connectivity index (χ1) is 20.2. The maximum Gasteiger partial charge on any atom is 2.00 e. The number of ether oxygens (including phenoxy) is 3. The molecular weight excluding hydrogens is 564 g/mol. The van der Waals surface area contributed by atoms with E-state index >= 15 is 0 Å². The molecule has 0 aliphatic rings. The summed E-state index contributed by atoms with van der Waals surface area (Å²) in [5, 5.41) is 8.47. The SMILES string of the molecule is COc1ccc(C(OCCCc2ccc[cH-]2)(c2ccccc2)c2ccc(OC)cc2)cc1.OCCCc1ccc[cH-]1.[Fe+2]. The normalized spacial score (nSPS) is 10.7. The molecule has 0 aromatic heterocycles. The molecule has 0 amide bonds. The van der Waals surface area contributed by atoms with Crippen molar-refractivity contribution in [1.29, 1.82) is 0 Å². The van der Waals surface area contributed by atoms with Gasteiger partial charge in [-0.1, -0.05) is 54.6 Å². The Balaban J connectivity index is 0.000000415. The molecule has 1 N–H and O–H groups in total. The second kappa shape index (κ2) is 17.4. The molecule has 42 heavy (non-hydrogen) atoms. The van der Waals surface area contributed by atoms with Crippen LogP contribution in [0.1, 0.15) is 40.7 Å². The van der Waals surface area contributed by atoms with Crippen molar-refractivity contribution in [2.24, 2.45) is 0 Å². The van der Waals surface area contributed by atoms with Crippen molar-refractivity contribution in [1.82, 2.24) is 0 Å².